The highest BCUT2D eigenvalue weighted by molar-refractivity contribution is 6.35. The van der Waals surface area contributed by atoms with Crippen molar-refractivity contribution in [3.05, 3.63) is 28.2 Å². The Bertz CT molecular complexity index is 469. The third kappa shape index (κ3) is 5.71. The summed E-state index contributed by atoms with van der Waals surface area (Å²) < 4.78 is 5.42. The van der Waals surface area contributed by atoms with Gasteiger partial charge in [0, 0.05) is 11.6 Å². The molecule has 0 saturated carbocycles. The van der Waals surface area contributed by atoms with Gasteiger partial charge in [0.15, 0.2) is 0 Å². The van der Waals surface area contributed by atoms with Crippen molar-refractivity contribution in [3.8, 4) is 18.1 Å². The number of rotatable bonds is 6. The second-order valence-electron chi connectivity index (χ2n) is 4.69. The minimum Gasteiger partial charge on any atom is -0.489 e. The second-order valence-corrected chi connectivity index (χ2v) is 5.53. The molecule has 1 rings (SSSR count). The van der Waals surface area contributed by atoms with Gasteiger partial charge >= 0.3 is 0 Å². The van der Waals surface area contributed by atoms with Gasteiger partial charge in [0.05, 0.1) is 10.6 Å². The first kappa shape index (κ1) is 16.1. The molecule has 0 radical (unpaired) electrons. The number of hydrogen-bond donors (Lipinski definition) is 2. The summed E-state index contributed by atoms with van der Waals surface area (Å²) in [7, 11) is 0. The molecule has 5 heteroatoms. The quantitative estimate of drug-likeness (QED) is 0.794. The maximum atomic E-state index is 9.79. The standard InChI is InChI=1S/C14H17Cl2NO2/c1-4-14(2,3)17-8-11(18)9-19-13-6-5-10(15)7-12(13)16/h1,5-7,11,17-18H,8-9H2,2-3H3. The van der Waals surface area contributed by atoms with E-state index in [0.717, 1.165) is 0 Å². The van der Waals surface area contributed by atoms with Crippen LogP contribution in [0.5, 0.6) is 5.75 Å². The smallest absolute Gasteiger partial charge is 0.138 e. The molecule has 104 valence electrons. The van der Waals surface area contributed by atoms with Crippen LogP contribution in [0.3, 0.4) is 0 Å². The van der Waals surface area contributed by atoms with Gasteiger partial charge in [-0.25, -0.2) is 0 Å². The van der Waals surface area contributed by atoms with Gasteiger partial charge in [0.1, 0.15) is 18.5 Å². The van der Waals surface area contributed by atoms with Crippen LogP contribution in [0, 0.1) is 12.3 Å². The molecule has 0 spiro atoms. The molecule has 0 aliphatic heterocycles. The minimum absolute atomic E-state index is 0.120. The van der Waals surface area contributed by atoms with Crippen molar-refractivity contribution in [2.24, 2.45) is 0 Å². The van der Waals surface area contributed by atoms with Gasteiger partial charge in [-0.05, 0) is 32.0 Å². The molecule has 1 atom stereocenters. The lowest BCUT2D eigenvalue weighted by Gasteiger charge is -2.22. The second kappa shape index (κ2) is 7.02. The van der Waals surface area contributed by atoms with Crippen LogP contribution in [0.4, 0.5) is 0 Å². The lowest BCUT2D eigenvalue weighted by molar-refractivity contribution is 0.102. The fraction of sp³-hybridized carbons (Fsp3) is 0.429. The average Bonchev–Trinajstić information content (AvgIpc) is 2.35. The molecule has 1 aromatic carbocycles. The summed E-state index contributed by atoms with van der Waals surface area (Å²) in [5.41, 5.74) is -0.459. The summed E-state index contributed by atoms with van der Waals surface area (Å²) in [6.07, 6.45) is 4.66. The summed E-state index contributed by atoms with van der Waals surface area (Å²) in [6.45, 7) is 4.17. The number of benzene rings is 1. The summed E-state index contributed by atoms with van der Waals surface area (Å²) in [4.78, 5) is 0. The Morgan fingerprint density at radius 2 is 2.16 bits per heavy atom. The third-order valence-electron chi connectivity index (χ3n) is 2.47. The maximum absolute atomic E-state index is 9.79. The van der Waals surface area contributed by atoms with E-state index in [4.69, 9.17) is 34.4 Å². The first-order valence-corrected chi connectivity index (χ1v) is 6.58. The van der Waals surface area contributed by atoms with E-state index in [9.17, 15) is 5.11 Å². The first-order valence-electron chi connectivity index (χ1n) is 5.83. The van der Waals surface area contributed by atoms with Crippen LogP contribution < -0.4 is 10.1 Å². The van der Waals surface area contributed by atoms with E-state index >= 15 is 0 Å². The molecule has 0 aliphatic rings. The average molecular weight is 302 g/mol. The van der Waals surface area contributed by atoms with Crippen LogP contribution in [0.1, 0.15) is 13.8 Å². The van der Waals surface area contributed by atoms with E-state index in [1.165, 1.54) is 0 Å². The predicted molar refractivity (Wildman–Crippen MR) is 78.9 cm³/mol. The lowest BCUT2D eigenvalue weighted by atomic mass is 10.1. The number of ether oxygens (including phenoxy) is 1. The largest absolute Gasteiger partial charge is 0.489 e. The molecule has 0 saturated heterocycles. The third-order valence-corrected chi connectivity index (χ3v) is 3.00. The van der Waals surface area contributed by atoms with Crippen molar-refractivity contribution in [1.82, 2.24) is 5.32 Å². The number of hydrogen-bond acceptors (Lipinski definition) is 3. The number of terminal acetylenes is 1. The highest BCUT2D eigenvalue weighted by Gasteiger charge is 2.15. The van der Waals surface area contributed by atoms with Crippen LogP contribution in [0.15, 0.2) is 18.2 Å². The number of aliphatic hydroxyl groups is 1. The van der Waals surface area contributed by atoms with E-state index in [1.807, 2.05) is 13.8 Å². The van der Waals surface area contributed by atoms with E-state index < -0.39 is 11.6 Å². The molecule has 0 aliphatic carbocycles. The Labute approximate surface area is 123 Å². The molecular weight excluding hydrogens is 285 g/mol. The van der Waals surface area contributed by atoms with Crippen molar-refractivity contribution in [2.45, 2.75) is 25.5 Å². The molecule has 1 aromatic rings. The number of halogens is 2. The maximum Gasteiger partial charge on any atom is 0.138 e. The highest BCUT2D eigenvalue weighted by atomic mass is 35.5. The van der Waals surface area contributed by atoms with Crippen LogP contribution in [0.2, 0.25) is 10.0 Å². The van der Waals surface area contributed by atoms with Gasteiger partial charge in [0.2, 0.25) is 0 Å². The molecule has 2 N–H and O–H groups in total. The Hall–Kier alpha value is -0.920. The minimum atomic E-state index is -0.681. The van der Waals surface area contributed by atoms with Gasteiger partial charge in [-0.2, -0.15) is 0 Å². The molecular formula is C14H17Cl2NO2. The summed E-state index contributed by atoms with van der Waals surface area (Å²) in [5.74, 6) is 3.07. The van der Waals surface area contributed by atoms with Crippen molar-refractivity contribution >= 4 is 23.2 Å². The fourth-order valence-corrected chi connectivity index (χ4v) is 1.72. The van der Waals surface area contributed by atoms with Crippen LogP contribution in [-0.2, 0) is 0 Å². The zero-order valence-corrected chi connectivity index (χ0v) is 12.4. The molecule has 0 bridgehead atoms. The molecule has 0 aromatic heterocycles. The van der Waals surface area contributed by atoms with Gasteiger partial charge in [-0.1, -0.05) is 29.1 Å². The normalized spacial score (nSPS) is 12.8. The van der Waals surface area contributed by atoms with E-state index in [-0.39, 0.29) is 6.61 Å². The van der Waals surface area contributed by atoms with Crippen LogP contribution in [-0.4, -0.2) is 29.9 Å². The zero-order valence-electron chi connectivity index (χ0n) is 10.9. The Balaban J connectivity index is 2.42. The van der Waals surface area contributed by atoms with Gasteiger partial charge in [-0.3, -0.25) is 5.32 Å². The lowest BCUT2D eigenvalue weighted by Crippen LogP contribution is -2.43. The first-order chi connectivity index (χ1) is 8.84. The Morgan fingerprint density at radius 1 is 1.47 bits per heavy atom. The molecule has 0 heterocycles. The van der Waals surface area contributed by atoms with Crippen molar-refractivity contribution in [2.75, 3.05) is 13.2 Å². The highest BCUT2D eigenvalue weighted by Crippen LogP contribution is 2.27. The number of aliphatic hydroxyl groups excluding tert-OH is 1. The van der Waals surface area contributed by atoms with Gasteiger partial charge < -0.3 is 9.84 Å². The number of nitrogens with one attached hydrogen (secondary N) is 1. The molecule has 19 heavy (non-hydrogen) atoms. The Kier molecular flexibility index (Phi) is 5.96. The summed E-state index contributed by atoms with van der Waals surface area (Å²) in [6, 6.07) is 4.93. The predicted octanol–water partition coefficient (Wildman–Crippen LogP) is 2.73. The topological polar surface area (TPSA) is 41.5 Å². The van der Waals surface area contributed by atoms with Crippen LogP contribution in [0.25, 0.3) is 0 Å². The Morgan fingerprint density at radius 3 is 2.74 bits per heavy atom. The fourth-order valence-electron chi connectivity index (χ4n) is 1.26. The van der Waals surface area contributed by atoms with Crippen LogP contribution >= 0.6 is 23.2 Å². The van der Waals surface area contributed by atoms with E-state index in [2.05, 4.69) is 11.2 Å². The zero-order chi connectivity index (χ0) is 14.5. The number of β-amino-alcohol motifs (C(OH)–C–C–N with tert-alkyl or cyclic N) is 1. The molecule has 0 amide bonds. The van der Waals surface area contributed by atoms with Crippen molar-refractivity contribution in [1.29, 1.82) is 0 Å². The van der Waals surface area contributed by atoms with E-state index in [0.29, 0.717) is 22.3 Å². The molecule has 0 fully saturated rings. The SMILES string of the molecule is C#CC(C)(C)NCC(O)COc1ccc(Cl)cc1Cl. The van der Waals surface area contributed by atoms with E-state index in [1.54, 1.807) is 18.2 Å². The summed E-state index contributed by atoms with van der Waals surface area (Å²) >= 11 is 11.7. The van der Waals surface area contributed by atoms with Gasteiger partial charge in [-0.15, -0.1) is 6.42 Å². The van der Waals surface area contributed by atoms with Crippen molar-refractivity contribution in [3.63, 3.8) is 0 Å². The van der Waals surface area contributed by atoms with Gasteiger partial charge in [0.25, 0.3) is 0 Å². The molecule has 3 nitrogen and oxygen atoms in total. The van der Waals surface area contributed by atoms with Crippen molar-refractivity contribution < 1.29 is 9.84 Å². The molecule has 1 unspecified atom stereocenters. The monoisotopic (exact) mass is 301 g/mol. The summed E-state index contributed by atoms with van der Waals surface area (Å²) in [5, 5.41) is 13.8.